The standard InChI is InChI=1S/C16H22ClNO2/c1-11-5-7-16(20,8-6-11)10-18-15(19)13-3-4-14(17)12(2)9-13/h3-4,9,11,20H,5-8,10H2,1-2H3,(H,18,19). The largest absolute Gasteiger partial charge is 0.388 e. The molecule has 2 rings (SSSR count). The number of carbonyl (C=O) groups is 1. The minimum atomic E-state index is -0.746. The first-order valence-corrected chi connectivity index (χ1v) is 7.54. The summed E-state index contributed by atoms with van der Waals surface area (Å²) in [5.74, 6) is 0.515. The van der Waals surface area contributed by atoms with Crippen molar-refractivity contribution >= 4 is 17.5 Å². The zero-order valence-corrected chi connectivity index (χ0v) is 12.8. The van der Waals surface area contributed by atoms with Gasteiger partial charge in [-0.25, -0.2) is 0 Å². The van der Waals surface area contributed by atoms with Crippen LogP contribution in [0.25, 0.3) is 0 Å². The van der Waals surface area contributed by atoms with E-state index in [0.717, 1.165) is 31.2 Å². The van der Waals surface area contributed by atoms with Crippen molar-refractivity contribution in [1.29, 1.82) is 0 Å². The van der Waals surface area contributed by atoms with Crippen LogP contribution in [-0.2, 0) is 0 Å². The summed E-state index contributed by atoms with van der Waals surface area (Å²) in [7, 11) is 0. The summed E-state index contributed by atoms with van der Waals surface area (Å²) in [5, 5.41) is 13.9. The number of halogens is 1. The molecule has 0 heterocycles. The summed E-state index contributed by atoms with van der Waals surface area (Å²) in [5.41, 5.74) is 0.716. The lowest BCUT2D eigenvalue weighted by Crippen LogP contribution is -2.45. The molecular formula is C16H22ClNO2. The number of rotatable bonds is 3. The van der Waals surface area contributed by atoms with Crippen LogP contribution in [0.3, 0.4) is 0 Å². The normalized spacial score (nSPS) is 26.3. The number of hydrogen-bond donors (Lipinski definition) is 2. The molecule has 0 saturated heterocycles. The minimum Gasteiger partial charge on any atom is -0.388 e. The van der Waals surface area contributed by atoms with E-state index in [-0.39, 0.29) is 5.91 Å². The predicted molar refractivity (Wildman–Crippen MR) is 81.1 cm³/mol. The van der Waals surface area contributed by atoms with Crippen molar-refractivity contribution in [2.24, 2.45) is 5.92 Å². The number of carbonyl (C=O) groups excluding carboxylic acids is 1. The molecule has 1 aromatic rings. The average molecular weight is 296 g/mol. The van der Waals surface area contributed by atoms with Gasteiger partial charge in [0.25, 0.3) is 5.91 Å². The van der Waals surface area contributed by atoms with Crippen LogP contribution >= 0.6 is 11.6 Å². The predicted octanol–water partition coefficient (Wildman–Crippen LogP) is 3.32. The van der Waals surface area contributed by atoms with E-state index in [0.29, 0.717) is 23.0 Å². The van der Waals surface area contributed by atoms with Crippen molar-refractivity contribution in [2.75, 3.05) is 6.54 Å². The second-order valence-corrected chi connectivity index (χ2v) is 6.46. The number of aliphatic hydroxyl groups is 1. The maximum atomic E-state index is 12.1. The lowest BCUT2D eigenvalue weighted by atomic mass is 9.79. The van der Waals surface area contributed by atoms with Crippen LogP contribution in [0, 0.1) is 12.8 Å². The topological polar surface area (TPSA) is 49.3 Å². The minimum absolute atomic E-state index is 0.156. The molecule has 2 N–H and O–H groups in total. The van der Waals surface area contributed by atoms with Crippen molar-refractivity contribution < 1.29 is 9.90 Å². The fourth-order valence-electron chi connectivity index (χ4n) is 2.61. The Morgan fingerprint density at radius 3 is 2.70 bits per heavy atom. The highest BCUT2D eigenvalue weighted by atomic mass is 35.5. The summed E-state index contributed by atoms with van der Waals surface area (Å²) < 4.78 is 0. The monoisotopic (exact) mass is 295 g/mol. The number of nitrogens with one attached hydrogen (secondary N) is 1. The molecule has 0 unspecified atom stereocenters. The van der Waals surface area contributed by atoms with Crippen molar-refractivity contribution in [3.8, 4) is 0 Å². The fourth-order valence-corrected chi connectivity index (χ4v) is 2.73. The highest BCUT2D eigenvalue weighted by Crippen LogP contribution is 2.31. The summed E-state index contributed by atoms with van der Waals surface area (Å²) in [6.45, 7) is 4.39. The first-order chi connectivity index (χ1) is 9.39. The van der Waals surface area contributed by atoms with Gasteiger partial charge in [0.15, 0.2) is 0 Å². The van der Waals surface area contributed by atoms with Crippen molar-refractivity contribution in [3.05, 3.63) is 34.3 Å². The van der Waals surface area contributed by atoms with Gasteiger partial charge in [-0.05, 0) is 62.3 Å². The molecule has 1 saturated carbocycles. The molecule has 3 nitrogen and oxygen atoms in total. The van der Waals surface area contributed by atoms with Gasteiger partial charge in [0, 0.05) is 17.1 Å². The van der Waals surface area contributed by atoms with E-state index in [4.69, 9.17) is 11.6 Å². The Balaban J connectivity index is 1.93. The first-order valence-electron chi connectivity index (χ1n) is 7.16. The highest BCUT2D eigenvalue weighted by molar-refractivity contribution is 6.31. The molecule has 0 radical (unpaired) electrons. The highest BCUT2D eigenvalue weighted by Gasteiger charge is 2.32. The molecule has 1 aromatic carbocycles. The van der Waals surface area contributed by atoms with Crippen LogP contribution in [0.15, 0.2) is 18.2 Å². The van der Waals surface area contributed by atoms with Gasteiger partial charge in [0.1, 0.15) is 0 Å². The van der Waals surface area contributed by atoms with E-state index in [1.165, 1.54) is 0 Å². The molecule has 20 heavy (non-hydrogen) atoms. The van der Waals surface area contributed by atoms with Gasteiger partial charge >= 0.3 is 0 Å². The lowest BCUT2D eigenvalue weighted by Gasteiger charge is -2.34. The molecule has 1 aliphatic carbocycles. The zero-order chi connectivity index (χ0) is 14.8. The van der Waals surface area contributed by atoms with Crippen LogP contribution in [0.2, 0.25) is 5.02 Å². The Kier molecular flexibility index (Phi) is 4.71. The smallest absolute Gasteiger partial charge is 0.251 e. The van der Waals surface area contributed by atoms with E-state index in [1.807, 2.05) is 6.92 Å². The summed E-state index contributed by atoms with van der Waals surface area (Å²) >= 11 is 5.95. The van der Waals surface area contributed by atoms with Crippen LogP contribution < -0.4 is 5.32 Å². The van der Waals surface area contributed by atoms with Crippen LogP contribution in [-0.4, -0.2) is 23.2 Å². The second-order valence-electron chi connectivity index (χ2n) is 6.05. The van der Waals surface area contributed by atoms with E-state index in [9.17, 15) is 9.90 Å². The van der Waals surface area contributed by atoms with E-state index in [1.54, 1.807) is 18.2 Å². The van der Waals surface area contributed by atoms with Crippen LogP contribution in [0.4, 0.5) is 0 Å². The Morgan fingerprint density at radius 1 is 1.45 bits per heavy atom. The molecule has 1 amide bonds. The number of aryl methyl sites for hydroxylation is 1. The van der Waals surface area contributed by atoms with Gasteiger partial charge in [0.2, 0.25) is 0 Å². The van der Waals surface area contributed by atoms with Crippen molar-refractivity contribution in [2.45, 2.75) is 45.1 Å². The van der Waals surface area contributed by atoms with E-state index >= 15 is 0 Å². The molecule has 4 heteroatoms. The molecule has 0 bridgehead atoms. The quantitative estimate of drug-likeness (QED) is 0.899. The maximum absolute atomic E-state index is 12.1. The molecule has 0 aliphatic heterocycles. The third-order valence-corrected chi connectivity index (χ3v) is 4.63. The van der Waals surface area contributed by atoms with Crippen molar-refractivity contribution in [3.63, 3.8) is 0 Å². The van der Waals surface area contributed by atoms with Crippen LogP contribution in [0.5, 0.6) is 0 Å². The zero-order valence-electron chi connectivity index (χ0n) is 12.1. The van der Waals surface area contributed by atoms with Gasteiger partial charge in [0.05, 0.1) is 5.60 Å². The Morgan fingerprint density at radius 2 is 2.10 bits per heavy atom. The Labute approximate surface area is 125 Å². The third kappa shape index (κ3) is 3.74. The number of benzene rings is 1. The van der Waals surface area contributed by atoms with Gasteiger partial charge < -0.3 is 10.4 Å². The van der Waals surface area contributed by atoms with Crippen molar-refractivity contribution in [1.82, 2.24) is 5.32 Å². The molecular weight excluding hydrogens is 274 g/mol. The summed E-state index contributed by atoms with van der Waals surface area (Å²) in [4.78, 5) is 12.1. The Bertz CT molecular complexity index is 493. The molecule has 0 aromatic heterocycles. The average Bonchev–Trinajstić information content (AvgIpc) is 2.43. The first kappa shape index (κ1) is 15.3. The van der Waals surface area contributed by atoms with E-state index < -0.39 is 5.60 Å². The second kappa shape index (κ2) is 6.15. The maximum Gasteiger partial charge on any atom is 0.251 e. The third-order valence-electron chi connectivity index (χ3n) is 4.20. The summed E-state index contributed by atoms with van der Waals surface area (Å²) in [6.07, 6.45) is 3.56. The number of amides is 1. The molecule has 1 aliphatic rings. The lowest BCUT2D eigenvalue weighted by molar-refractivity contribution is -0.00539. The van der Waals surface area contributed by atoms with E-state index in [2.05, 4.69) is 12.2 Å². The molecule has 0 atom stereocenters. The SMILES string of the molecule is Cc1cc(C(=O)NCC2(O)CCC(C)CC2)ccc1Cl. The summed E-state index contributed by atoms with van der Waals surface area (Å²) in [6, 6.07) is 5.20. The Hall–Kier alpha value is -1.06. The van der Waals surface area contributed by atoms with Gasteiger partial charge in [-0.2, -0.15) is 0 Å². The number of hydrogen-bond acceptors (Lipinski definition) is 2. The molecule has 0 spiro atoms. The van der Waals surface area contributed by atoms with Gasteiger partial charge in [-0.1, -0.05) is 18.5 Å². The van der Waals surface area contributed by atoms with Crippen LogP contribution in [0.1, 0.15) is 48.5 Å². The fraction of sp³-hybridized carbons (Fsp3) is 0.562. The van der Waals surface area contributed by atoms with Gasteiger partial charge in [-0.3, -0.25) is 4.79 Å². The molecule has 1 fully saturated rings. The van der Waals surface area contributed by atoms with Gasteiger partial charge in [-0.15, -0.1) is 0 Å². The molecule has 110 valence electrons.